The fourth-order valence-electron chi connectivity index (χ4n) is 4.46. The number of para-hydroxylation sites is 1. The first-order chi connectivity index (χ1) is 19.0. The van der Waals surface area contributed by atoms with Gasteiger partial charge in [-0.25, -0.2) is 8.42 Å². The average Bonchev–Trinajstić information content (AvgIpc) is 2.92. The minimum absolute atomic E-state index is 0.0816. The van der Waals surface area contributed by atoms with Gasteiger partial charge in [0.05, 0.1) is 17.7 Å². The predicted molar refractivity (Wildman–Crippen MR) is 158 cm³/mol. The zero-order valence-corrected chi connectivity index (χ0v) is 24.9. The van der Waals surface area contributed by atoms with Crippen molar-refractivity contribution in [2.24, 2.45) is 0 Å². The minimum atomic E-state index is -4.11. The molecule has 0 aromatic heterocycles. The number of rotatable bonds is 12. The van der Waals surface area contributed by atoms with Crippen LogP contribution in [0.4, 0.5) is 5.69 Å². The Bertz CT molecular complexity index is 1420. The van der Waals surface area contributed by atoms with E-state index in [2.05, 4.69) is 5.32 Å². The predicted octanol–water partition coefficient (Wildman–Crippen LogP) is 4.84. The summed E-state index contributed by atoms with van der Waals surface area (Å²) in [6.45, 7) is 8.85. The number of carbonyl (C=O) groups is 2. The molecular formula is C31H39N3O5S. The molecule has 0 unspecified atom stereocenters. The Morgan fingerprint density at radius 3 is 2.23 bits per heavy atom. The van der Waals surface area contributed by atoms with Gasteiger partial charge in [-0.2, -0.15) is 0 Å². The van der Waals surface area contributed by atoms with Crippen molar-refractivity contribution in [3.05, 3.63) is 89.5 Å². The summed E-state index contributed by atoms with van der Waals surface area (Å²) < 4.78 is 34.4. The van der Waals surface area contributed by atoms with Gasteiger partial charge in [-0.05, 0) is 75.6 Å². The Morgan fingerprint density at radius 1 is 0.950 bits per heavy atom. The number of benzene rings is 3. The van der Waals surface area contributed by atoms with Gasteiger partial charge in [-0.15, -0.1) is 0 Å². The molecule has 0 radical (unpaired) electrons. The largest absolute Gasteiger partial charge is 0.497 e. The third-order valence-electron chi connectivity index (χ3n) is 6.58. The topological polar surface area (TPSA) is 96.0 Å². The standard InChI is InChI=1S/C31H39N3O5S/c1-7-28(31(36)32-22(2)3)33(20-25-12-10-13-26(19-25)39-6)30(35)21-34(29-14-9-8-11-24(29)5)40(37,38)27-17-15-23(4)16-18-27/h8-19,22,28H,7,20-21H2,1-6H3,(H,32,36)/t28-/m0/s1. The second-order valence-electron chi connectivity index (χ2n) is 10.1. The number of amides is 2. The molecule has 0 saturated heterocycles. The van der Waals surface area contributed by atoms with E-state index < -0.39 is 28.5 Å². The molecule has 1 N–H and O–H groups in total. The summed E-state index contributed by atoms with van der Waals surface area (Å²) in [4.78, 5) is 28.9. The first-order valence-electron chi connectivity index (χ1n) is 13.4. The lowest BCUT2D eigenvalue weighted by Crippen LogP contribution is -2.53. The number of nitrogens with one attached hydrogen (secondary N) is 1. The average molecular weight is 566 g/mol. The molecule has 3 rings (SSSR count). The fourth-order valence-corrected chi connectivity index (χ4v) is 5.94. The molecule has 3 aromatic carbocycles. The van der Waals surface area contributed by atoms with Crippen LogP contribution in [0, 0.1) is 13.8 Å². The molecule has 40 heavy (non-hydrogen) atoms. The maximum absolute atomic E-state index is 14.1. The van der Waals surface area contributed by atoms with Crippen LogP contribution in [0.3, 0.4) is 0 Å². The van der Waals surface area contributed by atoms with E-state index in [1.165, 1.54) is 4.90 Å². The quantitative estimate of drug-likeness (QED) is 0.339. The zero-order valence-electron chi connectivity index (χ0n) is 24.0. The molecule has 0 aliphatic heterocycles. The highest BCUT2D eigenvalue weighted by Crippen LogP contribution is 2.28. The van der Waals surface area contributed by atoms with Crippen LogP contribution in [-0.2, 0) is 26.2 Å². The number of nitrogens with zero attached hydrogens (tertiary/aromatic N) is 2. The fraction of sp³-hybridized carbons (Fsp3) is 0.355. The van der Waals surface area contributed by atoms with Crippen LogP contribution in [0.25, 0.3) is 0 Å². The molecule has 2 amide bonds. The smallest absolute Gasteiger partial charge is 0.264 e. The van der Waals surface area contributed by atoms with Gasteiger partial charge >= 0.3 is 0 Å². The number of carbonyl (C=O) groups excluding carboxylic acids is 2. The molecular weight excluding hydrogens is 526 g/mol. The lowest BCUT2D eigenvalue weighted by molar-refractivity contribution is -0.140. The number of aryl methyl sites for hydroxylation is 2. The highest BCUT2D eigenvalue weighted by molar-refractivity contribution is 7.92. The second-order valence-corrected chi connectivity index (χ2v) is 11.9. The summed E-state index contributed by atoms with van der Waals surface area (Å²) in [6.07, 6.45) is 0.351. The summed E-state index contributed by atoms with van der Waals surface area (Å²) in [7, 11) is -2.55. The maximum atomic E-state index is 14.1. The van der Waals surface area contributed by atoms with Gasteiger partial charge in [0.1, 0.15) is 18.3 Å². The summed E-state index contributed by atoms with van der Waals surface area (Å²) in [5.41, 5.74) is 2.78. The van der Waals surface area contributed by atoms with E-state index in [4.69, 9.17) is 4.74 Å². The van der Waals surface area contributed by atoms with Crippen LogP contribution in [0.15, 0.2) is 77.7 Å². The second kappa shape index (κ2) is 13.5. The Labute approximate surface area is 238 Å². The SMILES string of the molecule is CC[C@@H](C(=O)NC(C)C)N(Cc1cccc(OC)c1)C(=O)CN(c1ccccc1C)S(=O)(=O)c1ccc(C)cc1. The molecule has 3 aromatic rings. The van der Waals surface area contributed by atoms with Gasteiger partial charge < -0.3 is 15.0 Å². The van der Waals surface area contributed by atoms with Crippen molar-refractivity contribution < 1.29 is 22.7 Å². The number of hydrogen-bond donors (Lipinski definition) is 1. The van der Waals surface area contributed by atoms with E-state index in [-0.39, 0.29) is 23.4 Å². The molecule has 0 bridgehead atoms. The van der Waals surface area contributed by atoms with Crippen LogP contribution in [0.2, 0.25) is 0 Å². The highest BCUT2D eigenvalue weighted by Gasteiger charge is 2.34. The van der Waals surface area contributed by atoms with Crippen molar-refractivity contribution in [3.63, 3.8) is 0 Å². The van der Waals surface area contributed by atoms with Crippen molar-refractivity contribution in [2.45, 2.75) is 64.6 Å². The van der Waals surface area contributed by atoms with Gasteiger partial charge in [-0.1, -0.05) is 55.0 Å². The minimum Gasteiger partial charge on any atom is -0.497 e. The molecule has 8 nitrogen and oxygen atoms in total. The van der Waals surface area contributed by atoms with Crippen molar-refractivity contribution >= 4 is 27.5 Å². The molecule has 1 atom stereocenters. The molecule has 0 spiro atoms. The normalized spacial score (nSPS) is 12.1. The molecule has 0 aliphatic carbocycles. The molecule has 0 fully saturated rings. The van der Waals surface area contributed by atoms with Crippen LogP contribution < -0.4 is 14.4 Å². The van der Waals surface area contributed by atoms with Crippen molar-refractivity contribution in [2.75, 3.05) is 18.0 Å². The van der Waals surface area contributed by atoms with Gasteiger partial charge in [0.2, 0.25) is 11.8 Å². The third-order valence-corrected chi connectivity index (χ3v) is 8.35. The Balaban J connectivity index is 2.08. The van der Waals surface area contributed by atoms with E-state index >= 15 is 0 Å². The monoisotopic (exact) mass is 565 g/mol. The van der Waals surface area contributed by atoms with E-state index in [9.17, 15) is 18.0 Å². The van der Waals surface area contributed by atoms with E-state index in [0.717, 1.165) is 15.4 Å². The summed E-state index contributed by atoms with van der Waals surface area (Å²) in [5.74, 6) is -0.168. The van der Waals surface area contributed by atoms with Gasteiger partial charge in [0.25, 0.3) is 10.0 Å². The van der Waals surface area contributed by atoms with Crippen LogP contribution in [-0.4, -0.2) is 50.9 Å². The number of hydrogen-bond acceptors (Lipinski definition) is 5. The first kappa shape index (κ1) is 30.7. The van der Waals surface area contributed by atoms with E-state index in [0.29, 0.717) is 23.4 Å². The molecule has 0 aliphatic rings. The zero-order chi connectivity index (χ0) is 29.4. The summed E-state index contributed by atoms with van der Waals surface area (Å²) in [6, 6.07) is 19.9. The van der Waals surface area contributed by atoms with E-state index in [1.54, 1.807) is 68.6 Å². The number of sulfonamides is 1. The molecule has 214 valence electrons. The molecule has 0 heterocycles. The first-order valence-corrected chi connectivity index (χ1v) is 14.8. The number of ether oxygens (including phenoxy) is 1. The van der Waals surface area contributed by atoms with Gasteiger partial charge in [0, 0.05) is 12.6 Å². The third kappa shape index (κ3) is 7.41. The molecule has 0 saturated carbocycles. The van der Waals surface area contributed by atoms with E-state index in [1.807, 2.05) is 45.9 Å². The Kier molecular flexibility index (Phi) is 10.3. The maximum Gasteiger partial charge on any atom is 0.264 e. The summed E-state index contributed by atoms with van der Waals surface area (Å²) in [5, 5.41) is 2.90. The Hall–Kier alpha value is -3.85. The van der Waals surface area contributed by atoms with Gasteiger partial charge in [-0.3, -0.25) is 13.9 Å². The molecule has 9 heteroatoms. The lowest BCUT2D eigenvalue weighted by atomic mass is 10.1. The van der Waals surface area contributed by atoms with Crippen molar-refractivity contribution in [1.29, 1.82) is 0 Å². The van der Waals surface area contributed by atoms with Crippen LogP contribution in [0.5, 0.6) is 5.75 Å². The highest BCUT2D eigenvalue weighted by atomic mass is 32.2. The lowest BCUT2D eigenvalue weighted by Gasteiger charge is -2.34. The Morgan fingerprint density at radius 2 is 1.62 bits per heavy atom. The number of anilines is 1. The van der Waals surface area contributed by atoms with Crippen LogP contribution >= 0.6 is 0 Å². The summed E-state index contributed by atoms with van der Waals surface area (Å²) >= 11 is 0. The number of methoxy groups -OCH3 is 1. The van der Waals surface area contributed by atoms with Crippen molar-refractivity contribution in [3.8, 4) is 5.75 Å². The van der Waals surface area contributed by atoms with Crippen LogP contribution in [0.1, 0.15) is 43.9 Å². The van der Waals surface area contributed by atoms with Crippen molar-refractivity contribution in [1.82, 2.24) is 10.2 Å². The van der Waals surface area contributed by atoms with Gasteiger partial charge in [0.15, 0.2) is 0 Å².